The molecule has 1 aliphatic heterocycles. The summed E-state index contributed by atoms with van der Waals surface area (Å²) in [6, 6.07) is 8.56. The third-order valence-electron chi connectivity index (χ3n) is 5.10. The van der Waals surface area contributed by atoms with Gasteiger partial charge in [0.25, 0.3) is 0 Å². The molecule has 0 fully saturated rings. The molecule has 0 saturated carbocycles. The molecule has 1 aromatic heterocycles. The van der Waals surface area contributed by atoms with Gasteiger partial charge in [-0.15, -0.1) is 0 Å². The number of hydrogen-bond donors (Lipinski definition) is 0. The molecule has 0 spiro atoms. The number of unbranched alkanes of at least 4 members (excludes halogenated alkanes) is 1. The van der Waals surface area contributed by atoms with Gasteiger partial charge in [0.15, 0.2) is 5.82 Å². The molecule has 1 aliphatic rings. The molecule has 27 heavy (non-hydrogen) atoms. The van der Waals surface area contributed by atoms with Gasteiger partial charge in [0.1, 0.15) is 0 Å². The van der Waals surface area contributed by atoms with Crippen molar-refractivity contribution in [1.82, 2.24) is 4.98 Å². The molecule has 3 nitrogen and oxygen atoms in total. The van der Waals surface area contributed by atoms with Gasteiger partial charge in [0, 0.05) is 11.9 Å². The third-order valence-corrected chi connectivity index (χ3v) is 9.00. The van der Waals surface area contributed by atoms with Crippen LogP contribution in [0.5, 0.6) is 0 Å². The van der Waals surface area contributed by atoms with Crippen LogP contribution in [0.25, 0.3) is 10.9 Å². The van der Waals surface area contributed by atoms with Crippen molar-refractivity contribution in [2.75, 3.05) is 15.9 Å². The standard InChI is InChI=1S/C22H29I2N3/c1-4-6-12-19-24-20-21(27(19)15-16(9-5-2)13-14-23)17-10-7-8-11-18(17)26-22(20)25-3/h7-8,10-11,16H,3-6,9,12-15H2,1-2H3. The Kier molecular flexibility index (Phi) is 8.05. The van der Waals surface area contributed by atoms with Gasteiger partial charge in [0.05, 0.1) is 18.4 Å². The van der Waals surface area contributed by atoms with Crippen molar-refractivity contribution >= 4 is 76.1 Å². The molecular weight excluding hydrogens is 560 g/mol. The number of benzene rings is 1. The number of rotatable bonds is 10. The van der Waals surface area contributed by atoms with E-state index < -0.39 is 0 Å². The first kappa shape index (κ1) is 21.1. The maximum atomic E-state index is 4.82. The van der Waals surface area contributed by atoms with Crippen molar-refractivity contribution in [3.05, 3.63) is 27.8 Å². The Bertz CT molecular complexity index is 826. The van der Waals surface area contributed by atoms with Crippen LogP contribution in [0.2, 0.25) is 0 Å². The number of fused-ring (bicyclic) bond motifs is 3. The van der Waals surface area contributed by atoms with Crippen molar-refractivity contribution in [2.24, 2.45) is 10.9 Å². The summed E-state index contributed by atoms with van der Waals surface area (Å²) in [5, 5.41) is 1.29. The van der Waals surface area contributed by atoms with Crippen LogP contribution < -0.4 is 4.90 Å². The zero-order chi connectivity index (χ0) is 19.2. The van der Waals surface area contributed by atoms with Gasteiger partial charge >= 0.3 is 0 Å². The van der Waals surface area contributed by atoms with Crippen LogP contribution in [0, 0.1) is 9.49 Å². The number of pyridine rings is 1. The molecule has 2 aromatic rings. The quantitative estimate of drug-likeness (QED) is 0.168. The number of nitrogens with zero attached hydrogens (tertiary/aromatic N) is 3. The first-order valence-corrected chi connectivity index (χ1v) is 13.6. The normalized spacial score (nSPS) is 14.6. The van der Waals surface area contributed by atoms with Crippen molar-refractivity contribution in [3.63, 3.8) is 0 Å². The predicted octanol–water partition coefficient (Wildman–Crippen LogP) is 7.09. The molecule has 0 aliphatic carbocycles. The average molecular weight is 589 g/mol. The molecule has 5 heteroatoms. The molecule has 1 atom stereocenters. The highest BCUT2D eigenvalue weighted by molar-refractivity contribution is 14.2. The largest absolute Gasteiger partial charge is 0.338 e. The Morgan fingerprint density at radius 1 is 1.22 bits per heavy atom. The number of anilines is 1. The van der Waals surface area contributed by atoms with E-state index in [-0.39, 0.29) is 20.7 Å². The molecule has 0 amide bonds. The number of para-hydroxylation sites is 1. The minimum Gasteiger partial charge on any atom is -0.338 e. The fourth-order valence-corrected chi connectivity index (χ4v) is 7.99. The molecule has 1 unspecified atom stereocenters. The molecule has 0 radical (unpaired) electrons. The topological polar surface area (TPSA) is 28.5 Å². The van der Waals surface area contributed by atoms with E-state index in [0.717, 1.165) is 23.8 Å². The molecule has 1 aromatic carbocycles. The zero-order valence-corrected chi connectivity index (χ0v) is 20.7. The van der Waals surface area contributed by atoms with E-state index in [0.29, 0.717) is 0 Å². The van der Waals surface area contributed by atoms with Crippen LogP contribution in [0.3, 0.4) is 0 Å². The highest BCUT2D eigenvalue weighted by Gasteiger charge is 2.29. The van der Waals surface area contributed by atoms with Crippen molar-refractivity contribution in [3.8, 4) is 0 Å². The predicted molar refractivity (Wildman–Crippen MR) is 137 cm³/mol. The molecule has 0 bridgehead atoms. The van der Waals surface area contributed by atoms with Crippen LogP contribution in [0.4, 0.5) is 11.5 Å². The smallest absolute Gasteiger partial charge is 0.167 e. The van der Waals surface area contributed by atoms with Crippen LogP contribution in [0.15, 0.2) is 29.3 Å². The maximum Gasteiger partial charge on any atom is 0.167 e. The molecule has 3 rings (SSSR count). The second-order valence-corrected chi connectivity index (χ2v) is 11.0. The minimum atomic E-state index is -0.206. The van der Waals surface area contributed by atoms with E-state index in [1.807, 2.05) is 0 Å². The van der Waals surface area contributed by atoms with Crippen LogP contribution in [-0.4, -0.2) is 26.3 Å². The summed E-state index contributed by atoms with van der Waals surface area (Å²) in [6.45, 7) is 9.57. The number of aliphatic imine (C=N–C) groups is 1. The first-order valence-electron chi connectivity index (χ1n) is 9.97. The van der Waals surface area contributed by atoms with Gasteiger partial charge in [0.2, 0.25) is 0 Å². The summed E-state index contributed by atoms with van der Waals surface area (Å²) in [5.41, 5.74) is 2.45. The summed E-state index contributed by atoms with van der Waals surface area (Å²) in [5.74, 6) is 1.62. The van der Waals surface area contributed by atoms with Gasteiger partial charge < -0.3 is 4.90 Å². The lowest BCUT2D eigenvalue weighted by Gasteiger charge is -2.29. The van der Waals surface area contributed by atoms with Crippen molar-refractivity contribution in [2.45, 2.75) is 52.4 Å². The van der Waals surface area contributed by atoms with Gasteiger partial charge in [-0.1, -0.05) is 88.2 Å². The van der Waals surface area contributed by atoms with E-state index in [9.17, 15) is 0 Å². The fourth-order valence-electron chi connectivity index (χ4n) is 3.74. The minimum absolute atomic E-state index is 0.206. The summed E-state index contributed by atoms with van der Waals surface area (Å²) in [7, 11) is 0. The van der Waals surface area contributed by atoms with Gasteiger partial charge in [-0.25, -0.2) is 9.98 Å². The number of hydrogen-bond acceptors (Lipinski definition) is 3. The Morgan fingerprint density at radius 2 is 2.04 bits per heavy atom. The second kappa shape index (κ2) is 10.3. The molecule has 0 N–H and O–H groups in total. The Morgan fingerprint density at radius 3 is 2.74 bits per heavy atom. The van der Waals surface area contributed by atoms with Crippen LogP contribution in [0.1, 0.15) is 52.4 Å². The Balaban J connectivity index is 2.09. The van der Waals surface area contributed by atoms with E-state index in [1.54, 1.807) is 3.63 Å². The van der Waals surface area contributed by atoms with E-state index >= 15 is 0 Å². The number of halogens is 2. The lowest BCUT2D eigenvalue weighted by Crippen LogP contribution is -2.33. The Labute approximate surface area is 186 Å². The summed E-state index contributed by atoms with van der Waals surface area (Å²) >= 11 is 2.32. The lowest BCUT2D eigenvalue weighted by atomic mass is 9.99. The fraction of sp³-hybridized carbons (Fsp3) is 0.500. The number of alkyl halides is 1. The lowest BCUT2D eigenvalue weighted by molar-refractivity contribution is 0.480. The average Bonchev–Trinajstić information content (AvgIpc) is 3.04. The van der Waals surface area contributed by atoms with Gasteiger partial charge in [-0.2, -0.15) is 0 Å². The zero-order valence-electron chi connectivity index (χ0n) is 16.3. The molecule has 2 heterocycles. The first-order chi connectivity index (χ1) is 13.2. The van der Waals surface area contributed by atoms with E-state index in [2.05, 4.69) is 77.3 Å². The summed E-state index contributed by atoms with van der Waals surface area (Å²) in [4.78, 5) is 11.8. The van der Waals surface area contributed by atoms with Gasteiger partial charge in [-0.05, 0) is 48.8 Å². The SMILES string of the molecule is C=Nc1nc2ccccc2c2c1I=C(CCCC)N2CC(CCC)CCI. The highest BCUT2D eigenvalue weighted by Crippen LogP contribution is 2.45. The number of aromatic nitrogens is 1. The maximum absolute atomic E-state index is 4.82. The monoisotopic (exact) mass is 589 g/mol. The third kappa shape index (κ3) is 4.71. The van der Waals surface area contributed by atoms with E-state index in [4.69, 9.17) is 4.98 Å². The second-order valence-electron chi connectivity index (χ2n) is 7.09. The van der Waals surface area contributed by atoms with Gasteiger partial charge in [-0.3, -0.25) is 0 Å². The Hall–Kier alpha value is -0.570. The molecular formula is C22H29I2N3. The van der Waals surface area contributed by atoms with Crippen molar-refractivity contribution in [1.29, 1.82) is 0 Å². The summed E-state index contributed by atoms with van der Waals surface area (Å²) < 4.78 is 4.28. The van der Waals surface area contributed by atoms with Crippen molar-refractivity contribution < 1.29 is 0 Å². The summed E-state index contributed by atoms with van der Waals surface area (Å²) in [6.07, 6.45) is 7.60. The molecule has 0 saturated heterocycles. The highest BCUT2D eigenvalue weighted by atomic mass is 127. The van der Waals surface area contributed by atoms with E-state index in [1.165, 1.54) is 57.6 Å². The van der Waals surface area contributed by atoms with Crippen LogP contribution in [-0.2, 0) is 0 Å². The molecule has 146 valence electrons. The van der Waals surface area contributed by atoms with Crippen LogP contribution >= 0.6 is 43.3 Å².